The first-order valence-electron chi connectivity index (χ1n) is 6.31. The van der Waals surface area contributed by atoms with Crippen LogP contribution in [0.15, 0.2) is 24.3 Å². The molecule has 0 spiro atoms. The molecule has 18 heavy (non-hydrogen) atoms. The summed E-state index contributed by atoms with van der Waals surface area (Å²) in [4.78, 5) is 11.8. The van der Waals surface area contributed by atoms with Crippen molar-refractivity contribution in [2.75, 3.05) is 6.54 Å². The first-order valence-corrected chi connectivity index (χ1v) is 6.31. The number of rotatable bonds is 6. The first kappa shape index (κ1) is 14.6. The summed E-state index contributed by atoms with van der Waals surface area (Å²) in [5.74, 6) is -0.265. The van der Waals surface area contributed by atoms with E-state index >= 15 is 0 Å². The van der Waals surface area contributed by atoms with E-state index in [2.05, 4.69) is 10.6 Å². The second-order valence-corrected chi connectivity index (χ2v) is 4.50. The molecular weight excluding hydrogens is 231 g/mol. The minimum absolute atomic E-state index is 0.000255. The van der Waals surface area contributed by atoms with E-state index in [9.17, 15) is 9.18 Å². The van der Waals surface area contributed by atoms with E-state index in [-0.39, 0.29) is 23.8 Å². The zero-order valence-electron chi connectivity index (χ0n) is 11.2. The summed E-state index contributed by atoms with van der Waals surface area (Å²) in [6, 6.07) is 6.24. The Balaban J connectivity index is 2.46. The summed E-state index contributed by atoms with van der Waals surface area (Å²) < 4.78 is 12.8. The smallest absolute Gasteiger partial charge is 0.222 e. The van der Waals surface area contributed by atoms with Gasteiger partial charge in [0.15, 0.2) is 0 Å². The highest BCUT2D eigenvalue weighted by Gasteiger charge is 2.12. The summed E-state index contributed by atoms with van der Waals surface area (Å²) in [7, 11) is 0. The Morgan fingerprint density at radius 2 is 1.89 bits per heavy atom. The Morgan fingerprint density at radius 1 is 1.28 bits per heavy atom. The molecule has 3 nitrogen and oxygen atoms in total. The summed E-state index contributed by atoms with van der Waals surface area (Å²) >= 11 is 0. The Bertz CT molecular complexity index is 378. The highest BCUT2D eigenvalue weighted by molar-refractivity contribution is 5.77. The molecule has 0 aliphatic carbocycles. The van der Waals surface area contributed by atoms with Crippen LogP contribution in [0.2, 0.25) is 0 Å². The Hall–Kier alpha value is -1.42. The highest BCUT2D eigenvalue weighted by Crippen LogP contribution is 2.12. The number of carbonyl (C=O) groups excluding carboxylic acids is 1. The van der Waals surface area contributed by atoms with E-state index in [0.29, 0.717) is 6.42 Å². The summed E-state index contributed by atoms with van der Waals surface area (Å²) in [6.45, 7) is 6.73. The lowest BCUT2D eigenvalue weighted by atomic mass is 10.1. The van der Waals surface area contributed by atoms with Crippen LogP contribution in [0.25, 0.3) is 0 Å². The molecule has 0 aliphatic heterocycles. The number of hydrogen-bond acceptors (Lipinski definition) is 2. The number of benzene rings is 1. The van der Waals surface area contributed by atoms with Gasteiger partial charge in [-0.1, -0.05) is 19.1 Å². The van der Waals surface area contributed by atoms with Crippen molar-refractivity contribution in [3.8, 4) is 0 Å². The maximum Gasteiger partial charge on any atom is 0.222 e. The van der Waals surface area contributed by atoms with Gasteiger partial charge >= 0.3 is 0 Å². The zero-order chi connectivity index (χ0) is 13.5. The molecule has 0 heterocycles. The normalized spacial score (nSPS) is 14.0. The molecule has 1 aromatic carbocycles. The van der Waals surface area contributed by atoms with Gasteiger partial charge in [0.25, 0.3) is 0 Å². The number of amides is 1. The maximum absolute atomic E-state index is 12.8. The number of carbonyl (C=O) groups is 1. The highest BCUT2D eigenvalue weighted by atomic mass is 19.1. The molecule has 1 unspecified atom stereocenters. The third-order valence-electron chi connectivity index (χ3n) is 2.79. The van der Waals surface area contributed by atoms with Crippen LogP contribution in [0.1, 0.15) is 38.8 Å². The minimum atomic E-state index is -0.266. The molecule has 0 aromatic heterocycles. The molecule has 1 aromatic rings. The molecule has 4 heteroatoms. The monoisotopic (exact) mass is 252 g/mol. The predicted molar refractivity (Wildman–Crippen MR) is 70.7 cm³/mol. The van der Waals surface area contributed by atoms with Gasteiger partial charge in [-0.15, -0.1) is 0 Å². The maximum atomic E-state index is 12.8. The number of hydrogen-bond donors (Lipinski definition) is 2. The molecule has 1 rings (SSSR count). The van der Waals surface area contributed by atoms with Crippen LogP contribution in [0.3, 0.4) is 0 Å². The molecule has 2 atom stereocenters. The van der Waals surface area contributed by atoms with Crippen molar-refractivity contribution in [1.82, 2.24) is 10.6 Å². The molecule has 0 fully saturated rings. The molecule has 1 amide bonds. The van der Waals surface area contributed by atoms with Gasteiger partial charge in [0.2, 0.25) is 5.91 Å². The average molecular weight is 252 g/mol. The number of halogens is 1. The quantitative estimate of drug-likeness (QED) is 0.816. The van der Waals surface area contributed by atoms with Crippen molar-refractivity contribution in [1.29, 1.82) is 0 Å². The van der Waals surface area contributed by atoms with Crippen molar-refractivity contribution < 1.29 is 9.18 Å². The standard InChI is InChI=1S/C14H21FN2O/c1-4-16-10(2)9-14(18)17-11(3)12-5-7-13(15)8-6-12/h5-8,10-11,16H,4,9H2,1-3H3,(H,17,18)/t10?,11-/m0/s1. The second-order valence-electron chi connectivity index (χ2n) is 4.50. The predicted octanol–water partition coefficient (Wildman–Crippen LogP) is 2.39. The third-order valence-corrected chi connectivity index (χ3v) is 2.79. The second kappa shape index (κ2) is 7.11. The topological polar surface area (TPSA) is 41.1 Å². The lowest BCUT2D eigenvalue weighted by Crippen LogP contribution is -2.34. The average Bonchev–Trinajstić information content (AvgIpc) is 2.29. The van der Waals surface area contributed by atoms with Crippen molar-refractivity contribution in [3.05, 3.63) is 35.6 Å². The summed E-state index contributed by atoms with van der Waals surface area (Å²) in [6.07, 6.45) is 0.444. The van der Waals surface area contributed by atoms with Crippen LogP contribution in [0, 0.1) is 5.82 Å². The molecular formula is C14H21FN2O. The van der Waals surface area contributed by atoms with Gasteiger partial charge in [0.05, 0.1) is 6.04 Å². The fourth-order valence-electron chi connectivity index (χ4n) is 1.83. The van der Waals surface area contributed by atoms with Gasteiger partial charge < -0.3 is 10.6 Å². The largest absolute Gasteiger partial charge is 0.350 e. The molecule has 100 valence electrons. The van der Waals surface area contributed by atoms with E-state index in [1.54, 1.807) is 12.1 Å². The van der Waals surface area contributed by atoms with Gasteiger partial charge in [0, 0.05) is 12.5 Å². The lowest BCUT2D eigenvalue weighted by Gasteiger charge is -2.17. The van der Waals surface area contributed by atoms with Crippen molar-refractivity contribution in [2.45, 2.75) is 39.3 Å². The van der Waals surface area contributed by atoms with Gasteiger partial charge in [-0.2, -0.15) is 0 Å². The van der Waals surface area contributed by atoms with Crippen LogP contribution < -0.4 is 10.6 Å². The molecule has 0 saturated heterocycles. The first-order chi connectivity index (χ1) is 8.52. The Kier molecular flexibility index (Phi) is 5.78. The van der Waals surface area contributed by atoms with E-state index in [4.69, 9.17) is 0 Å². The van der Waals surface area contributed by atoms with E-state index < -0.39 is 0 Å². The van der Waals surface area contributed by atoms with Gasteiger partial charge in [-0.3, -0.25) is 4.79 Å². The Morgan fingerprint density at radius 3 is 2.44 bits per heavy atom. The van der Waals surface area contributed by atoms with E-state index in [0.717, 1.165) is 12.1 Å². The lowest BCUT2D eigenvalue weighted by molar-refractivity contribution is -0.122. The summed E-state index contributed by atoms with van der Waals surface area (Å²) in [5.41, 5.74) is 0.904. The van der Waals surface area contributed by atoms with Crippen LogP contribution in [0.5, 0.6) is 0 Å². The fourth-order valence-corrected chi connectivity index (χ4v) is 1.83. The van der Waals surface area contributed by atoms with Crippen LogP contribution in [-0.4, -0.2) is 18.5 Å². The van der Waals surface area contributed by atoms with E-state index in [1.165, 1.54) is 12.1 Å². The molecule has 0 saturated carbocycles. The van der Waals surface area contributed by atoms with Gasteiger partial charge in [0.1, 0.15) is 5.82 Å². The van der Waals surface area contributed by atoms with Crippen molar-refractivity contribution >= 4 is 5.91 Å². The third kappa shape index (κ3) is 4.84. The van der Waals surface area contributed by atoms with Gasteiger partial charge in [-0.05, 0) is 38.1 Å². The SMILES string of the molecule is CCNC(C)CC(=O)N[C@@H](C)c1ccc(F)cc1. The molecule has 0 radical (unpaired) electrons. The van der Waals surface area contributed by atoms with Gasteiger partial charge in [-0.25, -0.2) is 4.39 Å². The van der Waals surface area contributed by atoms with Crippen LogP contribution >= 0.6 is 0 Å². The summed E-state index contributed by atoms with van der Waals surface area (Å²) in [5, 5.41) is 6.09. The molecule has 2 N–H and O–H groups in total. The Labute approximate surface area is 108 Å². The molecule has 0 aliphatic rings. The van der Waals surface area contributed by atoms with E-state index in [1.807, 2.05) is 20.8 Å². The van der Waals surface area contributed by atoms with Crippen LogP contribution in [0.4, 0.5) is 4.39 Å². The fraction of sp³-hybridized carbons (Fsp3) is 0.500. The zero-order valence-corrected chi connectivity index (χ0v) is 11.2. The van der Waals surface area contributed by atoms with Crippen molar-refractivity contribution in [2.24, 2.45) is 0 Å². The molecule has 0 bridgehead atoms. The van der Waals surface area contributed by atoms with Crippen molar-refractivity contribution in [3.63, 3.8) is 0 Å². The number of nitrogens with one attached hydrogen (secondary N) is 2. The van der Waals surface area contributed by atoms with Crippen LogP contribution in [-0.2, 0) is 4.79 Å². The minimum Gasteiger partial charge on any atom is -0.350 e.